The number of carboxylic acids is 1. The number of pyridine rings is 1. The molecule has 1 aliphatic heterocycles. The first-order valence-electron chi connectivity index (χ1n) is 6.69. The lowest BCUT2D eigenvalue weighted by Crippen LogP contribution is -2.55. The Morgan fingerprint density at radius 1 is 1.29 bits per heavy atom. The van der Waals surface area contributed by atoms with Crippen LogP contribution in [0.3, 0.4) is 0 Å². The fourth-order valence-corrected chi connectivity index (χ4v) is 2.22. The van der Waals surface area contributed by atoms with E-state index in [1.165, 1.54) is 15.9 Å². The molecule has 0 unspecified atom stereocenters. The molecule has 21 heavy (non-hydrogen) atoms. The number of piperazine rings is 1. The standard InChI is InChI=1S/C14H17N3O4/c1-9(2)17-7-6-16(12(18)13(17)19)8-10-4-3-5-11(15-10)14(20)21/h3-5,9H,6-8H2,1-2H3,(H,20,21). The molecular formula is C14H17N3O4. The zero-order chi connectivity index (χ0) is 15.6. The maximum atomic E-state index is 12.1. The minimum absolute atomic E-state index is 0.0166. The predicted molar refractivity (Wildman–Crippen MR) is 73.5 cm³/mol. The van der Waals surface area contributed by atoms with Crippen LogP contribution < -0.4 is 0 Å². The van der Waals surface area contributed by atoms with Crippen molar-refractivity contribution in [1.82, 2.24) is 14.8 Å². The number of aromatic carboxylic acids is 1. The Balaban J connectivity index is 2.11. The first-order chi connectivity index (χ1) is 9.90. The molecule has 1 aromatic heterocycles. The van der Waals surface area contributed by atoms with Crippen LogP contribution in [0.5, 0.6) is 0 Å². The number of carbonyl (C=O) groups excluding carboxylic acids is 2. The van der Waals surface area contributed by atoms with E-state index < -0.39 is 17.8 Å². The van der Waals surface area contributed by atoms with Crippen LogP contribution in [0.15, 0.2) is 18.2 Å². The summed E-state index contributed by atoms with van der Waals surface area (Å²) >= 11 is 0. The van der Waals surface area contributed by atoms with E-state index in [9.17, 15) is 14.4 Å². The van der Waals surface area contributed by atoms with Crippen molar-refractivity contribution in [1.29, 1.82) is 0 Å². The first kappa shape index (κ1) is 15.0. The third-order valence-corrected chi connectivity index (χ3v) is 3.34. The molecule has 0 bridgehead atoms. The number of rotatable bonds is 4. The Kier molecular flexibility index (Phi) is 4.21. The molecule has 112 valence electrons. The van der Waals surface area contributed by atoms with E-state index in [1.807, 2.05) is 13.8 Å². The Hall–Kier alpha value is -2.44. The molecule has 1 N–H and O–H groups in total. The third kappa shape index (κ3) is 3.18. The number of aromatic nitrogens is 1. The fourth-order valence-electron chi connectivity index (χ4n) is 2.22. The summed E-state index contributed by atoms with van der Waals surface area (Å²) in [6.07, 6.45) is 0. The van der Waals surface area contributed by atoms with E-state index in [4.69, 9.17) is 5.11 Å². The van der Waals surface area contributed by atoms with Crippen molar-refractivity contribution in [2.45, 2.75) is 26.4 Å². The highest BCUT2D eigenvalue weighted by molar-refractivity contribution is 6.35. The number of hydrogen-bond acceptors (Lipinski definition) is 4. The molecule has 2 heterocycles. The lowest BCUT2D eigenvalue weighted by Gasteiger charge is -2.35. The molecule has 2 amide bonds. The van der Waals surface area contributed by atoms with Crippen molar-refractivity contribution in [2.75, 3.05) is 13.1 Å². The van der Waals surface area contributed by atoms with Crippen LogP contribution in [0, 0.1) is 0 Å². The number of carboxylic acid groups (broad SMARTS) is 1. The number of hydrogen-bond donors (Lipinski definition) is 1. The maximum Gasteiger partial charge on any atom is 0.354 e. The predicted octanol–water partition coefficient (Wildman–Crippen LogP) is 0.359. The van der Waals surface area contributed by atoms with Crippen molar-refractivity contribution in [3.05, 3.63) is 29.6 Å². The van der Waals surface area contributed by atoms with Crippen LogP contribution in [-0.4, -0.2) is 56.8 Å². The summed E-state index contributed by atoms with van der Waals surface area (Å²) in [5, 5.41) is 8.90. The van der Waals surface area contributed by atoms with Crippen LogP contribution in [-0.2, 0) is 16.1 Å². The average Bonchev–Trinajstić information content (AvgIpc) is 2.44. The Labute approximate surface area is 122 Å². The van der Waals surface area contributed by atoms with Gasteiger partial charge in [-0.05, 0) is 26.0 Å². The van der Waals surface area contributed by atoms with Gasteiger partial charge in [0.25, 0.3) is 0 Å². The fraction of sp³-hybridized carbons (Fsp3) is 0.429. The van der Waals surface area contributed by atoms with Gasteiger partial charge in [-0.3, -0.25) is 9.59 Å². The first-order valence-corrected chi connectivity index (χ1v) is 6.69. The second-order valence-electron chi connectivity index (χ2n) is 5.14. The van der Waals surface area contributed by atoms with E-state index >= 15 is 0 Å². The molecular weight excluding hydrogens is 274 g/mol. The van der Waals surface area contributed by atoms with E-state index in [0.29, 0.717) is 18.8 Å². The number of carbonyl (C=O) groups is 3. The second kappa shape index (κ2) is 5.90. The van der Waals surface area contributed by atoms with Crippen LogP contribution in [0.25, 0.3) is 0 Å². The SMILES string of the molecule is CC(C)N1CCN(Cc2cccc(C(=O)O)n2)C(=O)C1=O. The molecule has 1 saturated heterocycles. The molecule has 1 fully saturated rings. The summed E-state index contributed by atoms with van der Waals surface area (Å²) in [5.41, 5.74) is 0.376. The molecule has 0 aliphatic carbocycles. The summed E-state index contributed by atoms with van der Waals surface area (Å²) in [7, 11) is 0. The maximum absolute atomic E-state index is 12.1. The zero-order valence-corrected chi connectivity index (χ0v) is 11.9. The van der Waals surface area contributed by atoms with Gasteiger partial charge in [0.1, 0.15) is 5.69 Å². The van der Waals surface area contributed by atoms with E-state index in [-0.39, 0.29) is 18.3 Å². The van der Waals surface area contributed by atoms with Gasteiger partial charge >= 0.3 is 17.8 Å². The molecule has 0 radical (unpaired) electrons. The van der Waals surface area contributed by atoms with Gasteiger partial charge in [0, 0.05) is 19.1 Å². The van der Waals surface area contributed by atoms with Crippen molar-refractivity contribution in [3.8, 4) is 0 Å². The van der Waals surface area contributed by atoms with Gasteiger partial charge in [0.15, 0.2) is 0 Å². The summed E-state index contributed by atoms with van der Waals surface area (Å²) in [5.74, 6) is -2.22. The average molecular weight is 291 g/mol. The molecule has 0 atom stereocenters. The second-order valence-corrected chi connectivity index (χ2v) is 5.14. The molecule has 1 aliphatic rings. The summed E-state index contributed by atoms with van der Waals surface area (Å²) < 4.78 is 0. The van der Waals surface area contributed by atoms with Crippen LogP contribution in [0.4, 0.5) is 0 Å². The van der Waals surface area contributed by atoms with Crippen molar-refractivity contribution in [3.63, 3.8) is 0 Å². The van der Waals surface area contributed by atoms with Gasteiger partial charge in [-0.1, -0.05) is 6.07 Å². The van der Waals surface area contributed by atoms with Crippen LogP contribution >= 0.6 is 0 Å². The highest BCUT2D eigenvalue weighted by Crippen LogP contribution is 2.12. The molecule has 7 nitrogen and oxygen atoms in total. The molecule has 1 aromatic rings. The van der Waals surface area contributed by atoms with Crippen molar-refractivity contribution < 1.29 is 19.5 Å². The highest BCUT2D eigenvalue weighted by Gasteiger charge is 2.33. The largest absolute Gasteiger partial charge is 0.477 e. The molecule has 0 aromatic carbocycles. The van der Waals surface area contributed by atoms with E-state index in [1.54, 1.807) is 12.1 Å². The van der Waals surface area contributed by atoms with Gasteiger partial charge in [-0.2, -0.15) is 0 Å². The number of nitrogens with zero attached hydrogens (tertiary/aromatic N) is 3. The topological polar surface area (TPSA) is 90.8 Å². The molecule has 0 saturated carbocycles. The summed E-state index contributed by atoms with van der Waals surface area (Å²) in [4.78, 5) is 41.8. The van der Waals surface area contributed by atoms with Crippen LogP contribution in [0.1, 0.15) is 30.0 Å². The normalized spacial score (nSPS) is 15.8. The lowest BCUT2D eigenvalue weighted by atomic mass is 10.2. The minimum Gasteiger partial charge on any atom is -0.477 e. The summed E-state index contributed by atoms with van der Waals surface area (Å²) in [6.45, 7) is 4.75. The lowest BCUT2D eigenvalue weighted by molar-refractivity contribution is -0.157. The van der Waals surface area contributed by atoms with Gasteiger partial charge in [0.2, 0.25) is 0 Å². The third-order valence-electron chi connectivity index (χ3n) is 3.34. The zero-order valence-electron chi connectivity index (χ0n) is 11.9. The molecule has 0 spiro atoms. The minimum atomic E-state index is -1.12. The number of amides is 2. The van der Waals surface area contributed by atoms with Crippen LogP contribution in [0.2, 0.25) is 0 Å². The summed E-state index contributed by atoms with van der Waals surface area (Å²) in [6, 6.07) is 4.58. The smallest absolute Gasteiger partial charge is 0.354 e. The van der Waals surface area contributed by atoms with Gasteiger partial charge in [-0.15, -0.1) is 0 Å². The van der Waals surface area contributed by atoms with E-state index in [0.717, 1.165) is 0 Å². The van der Waals surface area contributed by atoms with E-state index in [2.05, 4.69) is 4.98 Å². The quantitative estimate of drug-likeness (QED) is 0.809. The van der Waals surface area contributed by atoms with Crippen molar-refractivity contribution >= 4 is 17.8 Å². The highest BCUT2D eigenvalue weighted by atomic mass is 16.4. The monoisotopic (exact) mass is 291 g/mol. The van der Waals surface area contributed by atoms with Gasteiger partial charge < -0.3 is 14.9 Å². The Morgan fingerprint density at radius 3 is 2.62 bits per heavy atom. The molecule has 7 heteroatoms. The molecule has 2 rings (SSSR count). The Bertz CT molecular complexity index is 585. The van der Waals surface area contributed by atoms with Crippen molar-refractivity contribution in [2.24, 2.45) is 0 Å². The Morgan fingerprint density at radius 2 is 2.00 bits per heavy atom. The van der Waals surface area contributed by atoms with Gasteiger partial charge in [0.05, 0.1) is 12.2 Å². The van der Waals surface area contributed by atoms with Gasteiger partial charge in [-0.25, -0.2) is 9.78 Å².